The average molecular weight is 218 g/mol. The monoisotopic (exact) mass is 218 g/mol. The smallest absolute Gasteiger partial charge is 0.203 e. The van der Waals surface area contributed by atoms with Gasteiger partial charge < -0.3 is 15.6 Å². The number of nitrogens with one attached hydrogen (secondary N) is 1. The molecule has 0 aliphatic heterocycles. The van der Waals surface area contributed by atoms with Crippen LogP contribution in [0.5, 0.6) is 0 Å². The first-order valence-corrected chi connectivity index (χ1v) is 5.41. The van der Waals surface area contributed by atoms with E-state index >= 15 is 0 Å². The topological polar surface area (TPSA) is 55.9 Å². The third-order valence-corrected chi connectivity index (χ3v) is 2.49. The van der Waals surface area contributed by atoms with Crippen LogP contribution in [0.15, 0.2) is 24.3 Å². The van der Waals surface area contributed by atoms with E-state index in [1.165, 1.54) is 0 Å². The van der Waals surface area contributed by atoms with E-state index in [1.54, 1.807) is 0 Å². The number of fused-ring (bicyclic) bond motifs is 1. The van der Waals surface area contributed by atoms with Gasteiger partial charge in [0.2, 0.25) is 5.95 Å². The Morgan fingerprint density at radius 2 is 2.06 bits per heavy atom. The van der Waals surface area contributed by atoms with Gasteiger partial charge in [0.1, 0.15) is 0 Å². The van der Waals surface area contributed by atoms with Gasteiger partial charge in [-0.15, -0.1) is 0 Å². The number of hydrogen-bond acceptors (Lipinski definition) is 3. The number of aromatic nitrogens is 2. The second-order valence-corrected chi connectivity index (χ2v) is 4.83. The van der Waals surface area contributed by atoms with Gasteiger partial charge in [0.15, 0.2) is 0 Å². The molecule has 0 spiro atoms. The molecule has 1 aromatic heterocycles. The Bertz CT molecular complexity index is 493. The molecular formula is C12H18N4. The number of nitrogens with zero attached hydrogens (tertiary/aromatic N) is 2. The van der Waals surface area contributed by atoms with Crippen molar-refractivity contribution in [3.8, 4) is 0 Å². The lowest BCUT2D eigenvalue weighted by Gasteiger charge is -2.19. The van der Waals surface area contributed by atoms with Gasteiger partial charge in [0, 0.05) is 19.1 Å². The second kappa shape index (κ2) is 3.79. The molecule has 0 aliphatic rings. The Labute approximate surface area is 95.5 Å². The van der Waals surface area contributed by atoms with Crippen LogP contribution < -0.4 is 11.1 Å². The van der Waals surface area contributed by atoms with Crippen molar-refractivity contribution in [1.82, 2.24) is 9.55 Å². The normalized spacial score (nSPS) is 12.0. The molecule has 0 fully saturated rings. The SMILES string of the molecule is Cn1c(NCC(C)(C)N)nc2ccccc21. The van der Waals surface area contributed by atoms with Gasteiger partial charge in [-0.2, -0.15) is 0 Å². The number of anilines is 1. The van der Waals surface area contributed by atoms with Crippen LogP contribution >= 0.6 is 0 Å². The summed E-state index contributed by atoms with van der Waals surface area (Å²) in [5.41, 5.74) is 7.82. The Morgan fingerprint density at radius 1 is 1.38 bits per heavy atom. The van der Waals surface area contributed by atoms with E-state index in [1.807, 2.05) is 43.7 Å². The highest BCUT2D eigenvalue weighted by Gasteiger charge is 2.12. The van der Waals surface area contributed by atoms with E-state index in [9.17, 15) is 0 Å². The molecular weight excluding hydrogens is 200 g/mol. The van der Waals surface area contributed by atoms with Crippen molar-refractivity contribution in [2.75, 3.05) is 11.9 Å². The predicted octanol–water partition coefficient (Wildman–Crippen LogP) is 1.72. The average Bonchev–Trinajstić information content (AvgIpc) is 2.53. The summed E-state index contributed by atoms with van der Waals surface area (Å²) in [4.78, 5) is 4.51. The first kappa shape index (κ1) is 11.0. The van der Waals surface area contributed by atoms with Crippen LogP contribution in [-0.2, 0) is 7.05 Å². The molecule has 86 valence electrons. The quantitative estimate of drug-likeness (QED) is 0.824. The summed E-state index contributed by atoms with van der Waals surface area (Å²) in [6.07, 6.45) is 0. The van der Waals surface area contributed by atoms with Gasteiger partial charge in [0.25, 0.3) is 0 Å². The van der Waals surface area contributed by atoms with Crippen molar-refractivity contribution < 1.29 is 0 Å². The van der Waals surface area contributed by atoms with Crippen LogP contribution in [0.25, 0.3) is 11.0 Å². The van der Waals surface area contributed by atoms with Gasteiger partial charge in [-0.1, -0.05) is 12.1 Å². The van der Waals surface area contributed by atoms with Crippen LogP contribution in [-0.4, -0.2) is 21.6 Å². The van der Waals surface area contributed by atoms with Crippen molar-refractivity contribution in [2.24, 2.45) is 12.8 Å². The summed E-state index contributed by atoms with van der Waals surface area (Å²) in [6, 6.07) is 8.07. The summed E-state index contributed by atoms with van der Waals surface area (Å²) >= 11 is 0. The lowest BCUT2D eigenvalue weighted by atomic mass is 10.1. The standard InChI is InChI=1S/C12H18N4/c1-12(2,13)8-14-11-15-9-6-4-5-7-10(9)16(11)3/h4-7H,8,13H2,1-3H3,(H,14,15). The summed E-state index contributed by atoms with van der Waals surface area (Å²) in [7, 11) is 2.00. The lowest BCUT2D eigenvalue weighted by Crippen LogP contribution is -2.40. The number of para-hydroxylation sites is 2. The first-order chi connectivity index (χ1) is 7.47. The molecule has 0 radical (unpaired) electrons. The largest absolute Gasteiger partial charge is 0.354 e. The van der Waals surface area contributed by atoms with Gasteiger partial charge in [0.05, 0.1) is 11.0 Å². The Morgan fingerprint density at radius 3 is 2.69 bits per heavy atom. The fourth-order valence-electron chi connectivity index (χ4n) is 1.61. The molecule has 16 heavy (non-hydrogen) atoms. The van der Waals surface area contributed by atoms with Crippen LogP contribution in [0.4, 0.5) is 5.95 Å². The van der Waals surface area contributed by atoms with Crippen molar-refractivity contribution in [3.05, 3.63) is 24.3 Å². The highest BCUT2D eigenvalue weighted by Crippen LogP contribution is 2.17. The van der Waals surface area contributed by atoms with Gasteiger partial charge in [-0.05, 0) is 26.0 Å². The molecule has 0 unspecified atom stereocenters. The maximum absolute atomic E-state index is 5.93. The molecule has 2 rings (SSSR count). The van der Waals surface area contributed by atoms with E-state index in [0.717, 1.165) is 17.0 Å². The molecule has 3 N–H and O–H groups in total. The van der Waals surface area contributed by atoms with Crippen LogP contribution in [0.2, 0.25) is 0 Å². The lowest BCUT2D eigenvalue weighted by molar-refractivity contribution is 0.546. The fourth-order valence-corrected chi connectivity index (χ4v) is 1.61. The van der Waals surface area contributed by atoms with Crippen LogP contribution in [0, 0.1) is 0 Å². The minimum absolute atomic E-state index is 0.238. The molecule has 2 aromatic rings. The van der Waals surface area contributed by atoms with Gasteiger partial charge >= 0.3 is 0 Å². The van der Waals surface area contributed by atoms with E-state index in [-0.39, 0.29) is 5.54 Å². The number of aryl methyl sites for hydroxylation is 1. The van der Waals surface area contributed by atoms with Gasteiger partial charge in [-0.3, -0.25) is 0 Å². The third kappa shape index (κ3) is 2.17. The molecule has 1 aromatic carbocycles. The molecule has 0 saturated carbocycles. The van der Waals surface area contributed by atoms with E-state index in [4.69, 9.17) is 5.73 Å². The molecule has 1 heterocycles. The molecule has 0 saturated heterocycles. The third-order valence-electron chi connectivity index (χ3n) is 2.49. The molecule has 0 aliphatic carbocycles. The van der Waals surface area contributed by atoms with Gasteiger partial charge in [-0.25, -0.2) is 4.98 Å². The van der Waals surface area contributed by atoms with E-state index in [0.29, 0.717) is 6.54 Å². The number of benzene rings is 1. The first-order valence-electron chi connectivity index (χ1n) is 5.41. The fraction of sp³-hybridized carbons (Fsp3) is 0.417. The van der Waals surface area contributed by atoms with Crippen molar-refractivity contribution in [1.29, 1.82) is 0 Å². The number of imidazole rings is 1. The number of nitrogens with two attached hydrogens (primary N) is 1. The summed E-state index contributed by atoms with van der Waals surface area (Å²) in [5, 5.41) is 3.27. The maximum atomic E-state index is 5.93. The molecule has 4 nitrogen and oxygen atoms in total. The highest BCUT2D eigenvalue weighted by molar-refractivity contribution is 5.78. The Hall–Kier alpha value is -1.55. The summed E-state index contributed by atoms with van der Waals surface area (Å²) < 4.78 is 2.04. The zero-order valence-electron chi connectivity index (χ0n) is 9.99. The number of hydrogen-bond donors (Lipinski definition) is 2. The maximum Gasteiger partial charge on any atom is 0.203 e. The molecule has 0 amide bonds. The zero-order valence-corrected chi connectivity index (χ0v) is 9.99. The molecule has 4 heteroatoms. The summed E-state index contributed by atoms with van der Waals surface area (Å²) in [6.45, 7) is 4.68. The van der Waals surface area contributed by atoms with Crippen LogP contribution in [0.1, 0.15) is 13.8 Å². The minimum Gasteiger partial charge on any atom is -0.354 e. The predicted molar refractivity (Wildman–Crippen MR) is 67.5 cm³/mol. The zero-order chi connectivity index (χ0) is 11.8. The van der Waals surface area contributed by atoms with Crippen molar-refractivity contribution in [2.45, 2.75) is 19.4 Å². The number of rotatable bonds is 3. The van der Waals surface area contributed by atoms with Crippen molar-refractivity contribution >= 4 is 17.0 Å². The van der Waals surface area contributed by atoms with Crippen molar-refractivity contribution in [3.63, 3.8) is 0 Å². The Kier molecular flexibility index (Phi) is 2.59. The van der Waals surface area contributed by atoms with Crippen LogP contribution in [0.3, 0.4) is 0 Å². The molecule has 0 bridgehead atoms. The Balaban J connectivity index is 2.28. The second-order valence-electron chi connectivity index (χ2n) is 4.83. The van der Waals surface area contributed by atoms with E-state index < -0.39 is 0 Å². The van der Waals surface area contributed by atoms with E-state index in [2.05, 4.69) is 16.4 Å². The summed E-state index contributed by atoms with van der Waals surface area (Å²) in [5.74, 6) is 0.861. The molecule has 0 atom stereocenters. The minimum atomic E-state index is -0.238. The highest BCUT2D eigenvalue weighted by atomic mass is 15.2.